The molecule has 1 aliphatic rings. The number of aryl methyl sites for hydroxylation is 1. The minimum absolute atomic E-state index is 0.537. The van der Waals surface area contributed by atoms with E-state index in [1.807, 2.05) is 36.4 Å². The number of benzene rings is 2. The van der Waals surface area contributed by atoms with Crippen molar-refractivity contribution >= 4 is 15.9 Å². The van der Waals surface area contributed by atoms with E-state index in [1.165, 1.54) is 0 Å². The number of aliphatic hydroxyl groups excluding tert-OH is 1. The molecule has 0 spiro atoms. The molecule has 0 aliphatic carbocycles. The Balaban J connectivity index is 2.03. The minimum Gasteiger partial charge on any atom is -0.486 e. The lowest BCUT2D eigenvalue weighted by molar-refractivity contribution is 0.169. The van der Waals surface area contributed by atoms with Crippen LogP contribution in [0.2, 0.25) is 0 Å². The van der Waals surface area contributed by atoms with Gasteiger partial charge in [-0.2, -0.15) is 0 Å². The fraction of sp³-hybridized carbons (Fsp3) is 0.294. The van der Waals surface area contributed by atoms with Crippen LogP contribution in [0.1, 0.15) is 29.7 Å². The lowest BCUT2D eigenvalue weighted by atomic mass is 9.95. The summed E-state index contributed by atoms with van der Waals surface area (Å²) < 4.78 is 12.0. The van der Waals surface area contributed by atoms with Gasteiger partial charge in [-0.1, -0.05) is 47.1 Å². The number of fused-ring (bicyclic) bond motifs is 1. The summed E-state index contributed by atoms with van der Waals surface area (Å²) in [5.41, 5.74) is 2.87. The number of ether oxygens (including phenoxy) is 2. The molecular weight excluding hydrogens is 332 g/mol. The largest absolute Gasteiger partial charge is 0.486 e. The van der Waals surface area contributed by atoms with E-state index in [1.54, 1.807) is 0 Å². The molecule has 0 aromatic heterocycles. The van der Waals surface area contributed by atoms with Gasteiger partial charge < -0.3 is 14.6 Å². The van der Waals surface area contributed by atoms with Gasteiger partial charge in [-0.3, -0.25) is 0 Å². The third kappa shape index (κ3) is 2.78. The van der Waals surface area contributed by atoms with Gasteiger partial charge in [0.15, 0.2) is 11.5 Å². The Morgan fingerprint density at radius 3 is 2.48 bits per heavy atom. The Hall–Kier alpha value is -1.52. The van der Waals surface area contributed by atoms with Crippen molar-refractivity contribution < 1.29 is 14.6 Å². The smallest absolute Gasteiger partial charge is 0.162 e. The standard InChI is InChI=1S/C17H17BrO3/c1-2-11-5-3-4-6-12(11)17(19)13-9-15-16(10-14(13)18)21-8-7-20-15/h3-6,9-10,17,19H,2,7-8H2,1H3. The van der Waals surface area contributed by atoms with Gasteiger partial charge in [-0.25, -0.2) is 0 Å². The molecule has 2 aromatic carbocycles. The van der Waals surface area contributed by atoms with Crippen molar-refractivity contribution in [3.8, 4) is 11.5 Å². The van der Waals surface area contributed by atoms with E-state index >= 15 is 0 Å². The van der Waals surface area contributed by atoms with Gasteiger partial charge in [0.25, 0.3) is 0 Å². The van der Waals surface area contributed by atoms with Crippen LogP contribution in [-0.2, 0) is 6.42 Å². The second-order valence-corrected chi connectivity index (χ2v) is 5.83. The van der Waals surface area contributed by atoms with Crippen molar-refractivity contribution in [3.63, 3.8) is 0 Å². The molecule has 0 amide bonds. The second kappa shape index (κ2) is 6.08. The molecule has 4 heteroatoms. The first kappa shape index (κ1) is 14.4. The first-order chi connectivity index (χ1) is 10.2. The lowest BCUT2D eigenvalue weighted by Gasteiger charge is -2.22. The van der Waals surface area contributed by atoms with Crippen molar-refractivity contribution in [2.24, 2.45) is 0 Å². The highest BCUT2D eigenvalue weighted by atomic mass is 79.9. The number of hydrogen-bond acceptors (Lipinski definition) is 3. The summed E-state index contributed by atoms with van der Waals surface area (Å²) in [6.45, 7) is 3.18. The highest BCUT2D eigenvalue weighted by Crippen LogP contribution is 2.39. The lowest BCUT2D eigenvalue weighted by Crippen LogP contribution is -2.16. The SMILES string of the molecule is CCc1ccccc1C(O)c1cc2c(cc1Br)OCCO2. The van der Waals surface area contributed by atoms with Gasteiger partial charge in [0, 0.05) is 10.0 Å². The van der Waals surface area contributed by atoms with Crippen LogP contribution in [0.4, 0.5) is 0 Å². The summed E-state index contributed by atoms with van der Waals surface area (Å²) in [6.07, 6.45) is 0.196. The fourth-order valence-electron chi connectivity index (χ4n) is 2.58. The van der Waals surface area contributed by atoms with Gasteiger partial charge in [0.05, 0.1) is 0 Å². The molecule has 21 heavy (non-hydrogen) atoms. The van der Waals surface area contributed by atoms with Crippen LogP contribution in [0, 0.1) is 0 Å². The normalized spacial score (nSPS) is 14.8. The number of hydrogen-bond donors (Lipinski definition) is 1. The molecule has 110 valence electrons. The maximum Gasteiger partial charge on any atom is 0.162 e. The maximum atomic E-state index is 10.8. The average Bonchev–Trinajstić information content (AvgIpc) is 2.53. The van der Waals surface area contributed by atoms with E-state index in [4.69, 9.17) is 9.47 Å². The number of rotatable bonds is 3. The van der Waals surface area contributed by atoms with E-state index in [-0.39, 0.29) is 0 Å². The van der Waals surface area contributed by atoms with Crippen molar-refractivity contribution in [3.05, 3.63) is 57.6 Å². The second-order valence-electron chi connectivity index (χ2n) is 4.97. The summed E-state index contributed by atoms with van der Waals surface area (Å²) >= 11 is 3.52. The number of halogens is 1. The van der Waals surface area contributed by atoms with E-state index in [0.29, 0.717) is 24.7 Å². The molecule has 0 fully saturated rings. The summed E-state index contributed by atoms with van der Waals surface area (Å²) in [7, 11) is 0. The Morgan fingerprint density at radius 1 is 1.10 bits per heavy atom. The van der Waals surface area contributed by atoms with Crippen LogP contribution < -0.4 is 9.47 Å². The van der Waals surface area contributed by atoms with Gasteiger partial charge in [0.1, 0.15) is 19.3 Å². The molecule has 0 bridgehead atoms. The predicted octanol–water partition coefficient (Wildman–Crippen LogP) is 3.86. The number of aliphatic hydroxyl groups is 1. The molecule has 1 unspecified atom stereocenters. The van der Waals surface area contributed by atoms with Gasteiger partial charge in [-0.15, -0.1) is 0 Å². The third-order valence-electron chi connectivity index (χ3n) is 3.69. The zero-order valence-corrected chi connectivity index (χ0v) is 13.4. The van der Waals surface area contributed by atoms with Crippen molar-refractivity contribution in [2.45, 2.75) is 19.4 Å². The van der Waals surface area contributed by atoms with Gasteiger partial charge in [-0.05, 0) is 29.7 Å². The zero-order valence-electron chi connectivity index (χ0n) is 11.8. The van der Waals surface area contributed by atoms with E-state index in [2.05, 4.69) is 22.9 Å². The maximum absolute atomic E-state index is 10.8. The molecule has 1 aliphatic heterocycles. The van der Waals surface area contributed by atoms with E-state index in [0.717, 1.165) is 27.6 Å². The van der Waals surface area contributed by atoms with Gasteiger partial charge >= 0.3 is 0 Å². The van der Waals surface area contributed by atoms with Crippen LogP contribution in [0.15, 0.2) is 40.9 Å². The van der Waals surface area contributed by atoms with Crippen molar-refractivity contribution in [2.75, 3.05) is 13.2 Å². The molecule has 0 saturated heterocycles. The molecular formula is C17H17BrO3. The van der Waals surface area contributed by atoms with E-state index in [9.17, 15) is 5.11 Å². The molecule has 1 N–H and O–H groups in total. The van der Waals surface area contributed by atoms with E-state index < -0.39 is 6.10 Å². The Bertz CT molecular complexity index is 654. The Labute approximate surface area is 132 Å². The first-order valence-electron chi connectivity index (χ1n) is 7.05. The molecule has 1 atom stereocenters. The first-order valence-corrected chi connectivity index (χ1v) is 7.85. The predicted molar refractivity (Wildman–Crippen MR) is 85.0 cm³/mol. The summed E-state index contributed by atoms with van der Waals surface area (Å²) in [5, 5.41) is 10.8. The highest BCUT2D eigenvalue weighted by molar-refractivity contribution is 9.10. The van der Waals surface area contributed by atoms with Crippen LogP contribution >= 0.6 is 15.9 Å². The minimum atomic E-state index is -0.689. The Kier molecular flexibility index (Phi) is 4.17. The zero-order chi connectivity index (χ0) is 14.8. The molecule has 0 saturated carbocycles. The van der Waals surface area contributed by atoms with Crippen LogP contribution in [0.3, 0.4) is 0 Å². The topological polar surface area (TPSA) is 38.7 Å². The summed E-state index contributed by atoms with van der Waals surface area (Å²) in [6, 6.07) is 11.7. The Morgan fingerprint density at radius 2 is 1.76 bits per heavy atom. The monoisotopic (exact) mass is 348 g/mol. The molecule has 1 heterocycles. The fourth-order valence-corrected chi connectivity index (χ4v) is 3.12. The van der Waals surface area contributed by atoms with Crippen LogP contribution in [0.5, 0.6) is 11.5 Å². The molecule has 3 nitrogen and oxygen atoms in total. The quantitative estimate of drug-likeness (QED) is 0.915. The molecule has 0 radical (unpaired) electrons. The summed E-state index contributed by atoms with van der Waals surface area (Å²) in [5.74, 6) is 1.40. The van der Waals surface area contributed by atoms with Gasteiger partial charge in [0.2, 0.25) is 0 Å². The molecule has 2 aromatic rings. The van der Waals surface area contributed by atoms with Crippen molar-refractivity contribution in [1.82, 2.24) is 0 Å². The highest BCUT2D eigenvalue weighted by Gasteiger charge is 2.21. The third-order valence-corrected chi connectivity index (χ3v) is 4.37. The summed E-state index contributed by atoms with van der Waals surface area (Å²) in [4.78, 5) is 0. The van der Waals surface area contributed by atoms with Crippen molar-refractivity contribution in [1.29, 1.82) is 0 Å². The van der Waals surface area contributed by atoms with Crippen LogP contribution in [-0.4, -0.2) is 18.3 Å². The van der Waals surface area contributed by atoms with Crippen LogP contribution in [0.25, 0.3) is 0 Å². The molecule has 3 rings (SSSR count). The average molecular weight is 349 g/mol.